The summed E-state index contributed by atoms with van der Waals surface area (Å²) >= 11 is 0. The average Bonchev–Trinajstić information content (AvgIpc) is 3.05. The third kappa shape index (κ3) is 5.85. The molecular formula is C22H25N3O5S. The number of rotatable bonds is 9. The first kappa shape index (κ1) is 22.4. The molecule has 0 radical (unpaired) electrons. The number of anilines is 2. The van der Waals surface area contributed by atoms with Gasteiger partial charge < -0.3 is 14.6 Å². The largest absolute Gasteiger partial charge is 0.484 e. The van der Waals surface area contributed by atoms with E-state index in [0.29, 0.717) is 22.7 Å². The van der Waals surface area contributed by atoms with Crippen LogP contribution in [0.2, 0.25) is 0 Å². The van der Waals surface area contributed by atoms with E-state index in [1.165, 1.54) is 29.8 Å². The van der Waals surface area contributed by atoms with E-state index in [1.54, 1.807) is 13.8 Å². The quantitative estimate of drug-likeness (QED) is 0.516. The highest BCUT2D eigenvalue weighted by Crippen LogP contribution is 2.22. The van der Waals surface area contributed by atoms with E-state index >= 15 is 0 Å². The first-order valence-electron chi connectivity index (χ1n) is 9.86. The van der Waals surface area contributed by atoms with Crippen LogP contribution >= 0.6 is 0 Å². The number of nitrogens with zero attached hydrogens (tertiary/aromatic N) is 1. The summed E-state index contributed by atoms with van der Waals surface area (Å²) in [6.45, 7) is 5.40. The molecule has 31 heavy (non-hydrogen) atoms. The molecule has 3 aromatic rings. The lowest BCUT2D eigenvalue weighted by Crippen LogP contribution is -2.20. The lowest BCUT2D eigenvalue weighted by Gasteiger charge is -2.09. The van der Waals surface area contributed by atoms with Gasteiger partial charge in [0.2, 0.25) is 5.88 Å². The Labute approximate surface area is 181 Å². The lowest BCUT2D eigenvalue weighted by atomic mass is 10.1. The minimum Gasteiger partial charge on any atom is -0.484 e. The molecule has 2 aromatic carbocycles. The van der Waals surface area contributed by atoms with Crippen molar-refractivity contribution in [2.45, 2.75) is 38.5 Å². The number of benzene rings is 2. The summed E-state index contributed by atoms with van der Waals surface area (Å²) < 4.78 is 37.9. The minimum absolute atomic E-state index is 0.0300. The third-order valence-electron chi connectivity index (χ3n) is 4.66. The lowest BCUT2D eigenvalue weighted by molar-refractivity contribution is -0.118. The number of aromatic nitrogens is 1. The van der Waals surface area contributed by atoms with Gasteiger partial charge in [0, 0.05) is 11.3 Å². The van der Waals surface area contributed by atoms with Crippen LogP contribution in [0.15, 0.2) is 57.9 Å². The maximum Gasteiger partial charge on any atom is 0.264 e. The molecule has 2 N–H and O–H groups in total. The van der Waals surface area contributed by atoms with Crippen molar-refractivity contribution in [1.29, 1.82) is 0 Å². The van der Waals surface area contributed by atoms with Crippen molar-refractivity contribution in [3.05, 3.63) is 65.4 Å². The molecule has 0 unspecified atom stereocenters. The second-order valence-corrected chi connectivity index (χ2v) is 8.77. The van der Waals surface area contributed by atoms with Crippen LogP contribution in [0, 0.1) is 13.8 Å². The fraction of sp³-hybridized carbons (Fsp3) is 0.273. The molecule has 0 atom stereocenters. The Morgan fingerprint density at radius 1 is 1.06 bits per heavy atom. The number of sulfonamides is 1. The zero-order chi connectivity index (χ0) is 22.4. The van der Waals surface area contributed by atoms with Crippen LogP contribution in [0.3, 0.4) is 0 Å². The fourth-order valence-electron chi connectivity index (χ4n) is 2.80. The topological polar surface area (TPSA) is 111 Å². The molecule has 0 fully saturated rings. The highest BCUT2D eigenvalue weighted by atomic mass is 32.2. The van der Waals surface area contributed by atoms with Crippen LogP contribution in [0.1, 0.15) is 30.2 Å². The molecule has 1 heterocycles. The van der Waals surface area contributed by atoms with Crippen molar-refractivity contribution >= 4 is 27.5 Å². The molecule has 0 aliphatic heterocycles. The Hall–Kier alpha value is -3.33. The summed E-state index contributed by atoms with van der Waals surface area (Å²) in [4.78, 5) is 12.2. The van der Waals surface area contributed by atoms with Crippen molar-refractivity contribution in [2.75, 3.05) is 16.6 Å². The van der Waals surface area contributed by atoms with Crippen LogP contribution in [0.25, 0.3) is 0 Å². The summed E-state index contributed by atoms with van der Waals surface area (Å²) in [7, 11) is -3.84. The second kappa shape index (κ2) is 9.65. The zero-order valence-electron chi connectivity index (χ0n) is 17.6. The van der Waals surface area contributed by atoms with Gasteiger partial charge in [-0.3, -0.25) is 4.79 Å². The van der Waals surface area contributed by atoms with Crippen LogP contribution in [-0.2, 0) is 21.2 Å². The summed E-state index contributed by atoms with van der Waals surface area (Å²) in [5, 5.41) is 6.41. The maximum atomic E-state index is 12.5. The molecule has 0 saturated heterocycles. The summed E-state index contributed by atoms with van der Waals surface area (Å²) in [6.07, 6.45) is 2.07. The smallest absolute Gasteiger partial charge is 0.264 e. The van der Waals surface area contributed by atoms with Crippen molar-refractivity contribution in [2.24, 2.45) is 0 Å². The summed E-state index contributed by atoms with van der Waals surface area (Å²) in [6, 6.07) is 13.4. The van der Waals surface area contributed by atoms with Gasteiger partial charge >= 0.3 is 0 Å². The molecule has 0 bridgehead atoms. The maximum absolute atomic E-state index is 12.5. The Morgan fingerprint density at radius 2 is 1.74 bits per heavy atom. The molecule has 1 aromatic heterocycles. The van der Waals surface area contributed by atoms with Gasteiger partial charge in [-0.2, -0.15) is 0 Å². The van der Waals surface area contributed by atoms with Gasteiger partial charge in [0.1, 0.15) is 5.75 Å². The summed E-state index contributed by atoms with van der Waals surface area (Å²) in [5.74, 6) is 0.342. The standard InChI is InChI=1S/C22H25N3O5S/c1-4-5-17-6-10-19(11-7-17)29-14-21(26)23-18-8-12-20(13-9-18)31(27,28)25-22-15(2)16(3)24-30-22/h6-13,25H,4-5,14H2,1-3H3,(H,23,26). The predicted octanol–water partition coefficient (Wildman–Crippen LogP) is 4.06. The number of hydrogen-bond donors (Lipinski definition) is 2. The van der Waals surface area contributed by atoms with E-state index in [4.69, 9.17) is 9.26 Å². The van der Waals surface area contributed by atoms with Crippen LogP contribution in [-0.4, -0.2) is 26.1 Å². The predicted molar refractivity (Wildman–Crippen MR) is 118 cm³/mol. The van der Waals surface area contributed by atoms with Crippen molar-refractivity contribution in [3.63, 3.8) is 0 Å². The Morgan fingerprint density at radius 3 is 2.32 bits per heavy atom. The van der Waals surface area contributed by atoms with E-state index in [1.807, 2.05) is 24.3 Å². The minimum atomic E-state index is -3.84. The number of aryl methyl sites for hydroxylation is 2. The number of nitrogens with one attached hydrogen (secondary N) is 2. The van der Waals surface area contributed by atoms with Crippen LogP contribution in [0.5, 0.6) is 5.75 Å². The highest BCUT2D eigenvalue weighted by Gasteiger charge is 2.19. The van der Waals surface area contributed by atoms with Gasteiger partial charge in [0.25, 0.3) is 15.9 Å². The normalized spacial score (nSPS) is 11.2. The number of amides is 1. The SMILES string of the molecule is CCCc1ccc(OCC(=O)Nc2ccc(S(=O)(=O)Nc3onc(C)c3C)cc2)cc1. The van der Waals surface area contributed by atoms with E-state index in [-0.39, 0.29) is 23.3 Å². The molecule has 0 spiro atoms. The van der Waals surface area contributed by atoms with Gasteiger partial charge in [0.15, 0.2) is 6.61 Å². The van der Waals surface area contributed by atoms with Gasteiger partial charge in [-0.15, -0.1) is 0 Å². The number of hydrogen-bond acceptors (Lipinski definition) is 6. The Balaban J connectivity index is 1.55. The second-order valence-electron chi connectivity index (χ2n) is 7.08. The van der Waals surface area contributed by atoms with E-state index < -0.39 is 10.0 Å². The number of carbonyl (C=O) groups excluding carboxylic acids is 1. The molecule has 0 aliphatic rings. The molecule has 9 heteroatoms. The monoisotopic (exact) mass is 443 g/mol. The Bertz CT molecular complexity index is 1140. The molecule has 1 amide bonds. The third-order valence-corrected chi connectivity index (χ3v) is 6.01. The van der Waals surface area contributed by atoms with Crippen molar-refractivity contribution in [3.8, 4) is 5.75 Å². The average molecular weight is 444 g/mol. The highest BCUT2D eigenvalue weighted by molar-refractivity contribution is 7.92. The zero-order valence-corrected chi connectivity index (χ0v) is 18.5. The van der Waals surface area contributed by atoms with Gasteiger partial charge in [-0.1, -0.05) is 30.6 Å². The van der Waals surface area contributed by atoms with Gasteiger partial charge in [0.05, 0.1) is 10.6 Å². The molecule has 3 rings (SSSR count). The molecule has 8 nitrogen and oxygen atoms in total. The van der Waals surface area contributed by atoms with Gasteiger partial charge in [-0.05, 0) is 62.2 Å². The molecular weight excluding hydrogens is 418 g/mol. The molecule has 164 valence electrons. The van der Waals surface area contributed by atoms with Crippen LogP contribution < -0.4 is 14.8 Å². The fourth-order valence-corrected chi connectivity index (χ4v) is 3.84. The first-order valence-corrected chi connectivity index (χ1v) is 11.3. The number of carbonyl (C=O) groups is 1. The number of ether oxygens (including phenoxy) is 1. The van der Waals surface area contributed by atoms with Crippen LogP contribution in [0.4, 0.5) is 11.6 Å². The molecule has 0 aliphatic carbocycles. The first-order chi connectivity index (χ1) is 14.8. The van der Waals surface area contributed by atoms with Gasteiger partial charge in [-0.25, -0.2) is 13.1 Å². The van der Waals surface area contributed by atoms with Crippen molar-refractivity contribution < 1.29 is 22.5 Å². The molecule has 0 saturated carbocycles. The van der Waals surface area contributed by atoms with E-state index in [9.17, 15) is 13.2 Å². The van der Waals surface area contributed by atoms with E-state index in [2.05, 4.69) is 22.1 Å². The summed E-state index contributed by atoms with van der Waals surface area (Å²) in [5.41, 5.74) is 2.90. The van der Waals surface area contributed by atoms with Crippen molar-refractivity contribution in [1.82, 2.24) is 5.16 Å². The Kier molecular flexibility index (Phi) is 6.96. The van der Waals surface area contributed by atoms with E-state index in [0.717, 1.165) is 12.8 Å².